The van der Waals surface area contributed by atoms with Gasteiger partial charge in [-0.1, -0.05) is 57.9 Å². The Balaban J connectivity index is 1.27. The van der Waals surface area contributed by atoms with Gasteiger partial charge in [0, 0.05) is 0 Å². The van der Waals surface area contributed by atoms with Gasteiger partial charge in [0.2, 0.25) is 0 Å². The molecule has 9 N–H and O–H groups in total. The van der Waals surface area contributed by atoms with Crippen LogP contribution in [-0.4, -0.2) is 138 Å². The predicted molar refractivity (Wildman–Crippen MR) is 205 cm³/mol. The summed E-state index contributed by atoms with van der Waals surface area (Å²) in [5.74, 6) is 0.645. The first-order valence-corrected chi connectivity index (χ1v) is 21.0. The van der Waals surface area contributed by atoms with E-state index in [1.807, 2.05) is 0 Å². The second-order valence-electron chi connectivity index (χ2n) is 20.2. The Morgan fingerprint density at radius 1 is 0.732 bits per heavy atom. The first-order valence-electron chi connectivity index (χ1n) is 21.0. The molecule has 6 rings (SSSR count). The quantitative estimate of drug-likeness (QED) is 0.121. The number of allylic oxidation sites excluding steroid dienone is 4. The van der Waals surface area contributed by atoms with E-state index in [1.54, 1.807) is 0 Å². The number of ether oxygens (including phenoxy) is 4. The van der Waals surface area contributed by atoms with Crippen molar-refractivity contribution in [2.75, 3.05) is 13.2 Å². The Hall–Kier alpha value is -1.04. The van der Waals surface area contributed by atoms with Gasteiger partial charge in [-0.25, -0.2) is 0 Å². The zero-order valence-corrected chi connectivity index (χ0v) is 34.9. The van der Waals surface area contributed by atoms with Crippen molar-refractivity contribution >= 4 is 0 Å². The first-order chi connectivity index (χ1) is 26.0. The van der Waals surface area contributed by atoms with Gasteiger partial charge in [0.25, 0.3) is 0 Å². The van der Waals surface area contributed by atoms with E-state index in [9.17, 15) is 46.0 Å². The van der Waals surface area contributed by atoms with Crippen LogP contribution < -0.4 is 0 Å². The molecule has 0 aromatic carbocycles. The molecular weight excluding hydrogens is 724 g/mol. The maximum absolute atomic E-state index is 12.2. The highest BCUT2D eigenvalue weighted by Crippen LogP contribution is 2.75. The van der Waals surface area contributed by atoms with Crippen LogP contribution in [0.5, 0.6) is 0 Å². The number of hydrogen-bond donors (Lipinski definition) is 9. The van der Waals surface area contributed by atoms with Crippen LogP contribution in [0.1, 0.15) is 107 Å². The van der Waals surface area contributed by atoms with Gasteiger partial charge in [0.05, 0.1) is 31.5 Å². The van der Waals surface area contributed by atoms with E-state index in [1.165, 1.54) is 18.1 Å². The Morgan fingerprint density at radius 2 is 1.36 bits per heavy atom. The molecule has 0 amide bonds. The molecule has 0 spiro atoms. The molecule has 8 unspecified atom stereocenters. The Labute approximate surface area is 332 Å². The van der Waals surface area contributed by atoms with Gasteiger partial charge >= 0.3 is 0 Å². The average Bonchev–Trinajstić information content (AvgIpc) is 3.50. The third-order valence-corrected chi connectivity index (χ3v) is 16.5. The summed E-state index contributed by atoms with van der Waals surface area (Å²) in [6, 6.07) is 0. The Morgan fingerprint density at radius 3 is 1.98 bits per heavy atom. The maximum Gasteiger partial charge on any atom is 0.189 e. The molecule has 6 aliphatic rings. The van der Waals surface area contributed by atoms with Gasteiger partial charge in [-0.2, -0.15) is 0 Å². The fraction of sp³-hybridized carbons (Fsp3) is 0.907. The topological polar surface area (TPSA) is 219 Å². The van der Waals surface area contributed by atoms with Crippen LogP contribution in [0.4, 0.5) is 0 Å². The molecule has 4 aliphatic carbocycles. The molecule has 13 nitrogen and oxygen atoms in total. The van der Waals surface area contributed by atoms with Crippen LogP contribution in [0.15, 0.2) is 23.3 Å². The zero-order chi connectivity index (χ0) is 41.5. The van der Waals surface area contributed by atoms with Crippen molar-refractivity contribution in [1.82, 2.24) is 0 Å². The molecule has 322 valence electrons. The number of hydrogen-bond acceptors (Lipinski definition) is 13. The Bertz CT molecular complexity index is 1460. The minimum atomic E-state index is -2.23. The molecule has 6 fully saturated rings. The van der Waals surface area contributed by atoms with Crippen LogP contribution in [0.25, 0.3) is 0 Å². The van der Waals surface area contributed by atoms with Gasteiger partial charge in [-0.15, -0.1) is 0 Å². The van der Waals surface area contributed by atoms with E-state index < -0.39 is 97.8 Å². The van der Waals surface area contributed by atoms with Gasteiger partial charge < -0.3 is 64.9 Å². The summed E-state index contributed by atoms with van der Waals surface area (Å²) in [6.45, 7) is 17.5. The van der Waals surface area contributed by atoms with Crippen LogP contribution in [-0.2, 0) is 18.9 Å². The second kappa shape index (κ2) is 15.8. The van der Waals surface area contributed by atoms with Crippen molar-refractivity contribution in [3.63, 3.8) is 0 Å². The van der Waals surface area contributed by atoms with E-state index in [4.69, 9.17) is 18.9 Å². The second-order valence-corrected chi connectivity index (χ2v) is 20.2. The van der Waals surface area contributed by atoms with Gasteiger partial charge in [0.15, 0.2) is 12.6 Å². The third-order valence-electron chi connectivity index (χ3n) is 16.5. The van der Waals surface area contributed by atoms with Crippen LogP contribution in [0.3, 0.4) is 0 Å². The number of fused-ring (bicyclic) bond motifs is 5. The summed E-state index contributed by atoms with van der Waals surface area (Å²) in [4.78, 5) is 0. The van der Waals surface area contributed by atoms with Gasteiger partial charge in [-0.05, 0) is 118 Å². The lowest BCUT2D eigenvalue weighted by molar-refractivity contribution is -0.396. The van der Waals surface area contributed by atoms with Crippen molar-refractivity contribution in [2.24, 2.45) is 45.3 Å². The lowest BCUT2D eigenvalue weighted by atomic mass is 9.35. The lowest BCUT2D eigenvalue weighted by Crippen LogP contribution is -2.70. The van der Waals surface area contributed by atoms with Crippen molar-refractivity contribution in [1.29, 1.82) is 0 Å². The largest absolute Gasteiger partial charge is 0.394 e. The Kier molecular flexibility index (Phi) is 12.5. The van der Waals surface area contributed by atoms with Crippen LogP contribution in [0, 0.1) is 45.3 Å². The number of aliphatic hydroxyl groups excluding tert-OH is 8. The van der Waals surface area contributed by atoms with E-state index in [0.717, 1.165) is 32.1 Å². The third kappa shape index (κ3) is 7.00. The molecule has 0 aromatic heterocycles. The molecule has 2 aliphatic heterocycles. The molecular formula is C43H72O13. The minimum Gasteiger partial charge on any atom is -0.394 e. The average molecular weight is 797 g/mol. The van der Waals surface area contributed by atoms with Gasteiger partial charge in [0.1, 0.15) is 48.3 Å². The molecule has 4 saturated carbocycles. The fourth-order valence-corrected chi connectivity index (χ4v) is 13.3. The highest BCUT2D eigenvalue weighted by atomic mass is 16.8. The minimum absolute atomic E-state index is 0.0493. The molecule has 13 heteroatoms. The van der Waals surface area contributed by atoms with E-state index in [-0.39, 0.29) is 34.0 Å². The zero-order valence-electron chi connectivity index (χ0n) is 34.9. The predicted octanol–water partition coefficient (Wildman–Crippen LogP) is 2.32. The molecule has 0 aromatic rings. The summed E-state index contributed by atoms with van der Waals surface area (Å²) in [6.07, 6.45) is -6.14. The lowest BCUT2D eigenvalue weighted by Gasteiger charge is -2.71. The summed E-state index contributed by atoms with van der Waals surface area (Å²) in [5.41, 5.74) is -0.801. The first kappa shape index (κ1) is 44.5. The maximum atomic E-state index is 12.2. The smallest absolute Gasteiger partial charge is 0.189 e. The van der Waals surface area contributed by atoms with Crippen molar-refractivity contribution in [3.05, 3.63) is 23.3 Å². The number of rotatable bonds is 9. The normalized spacial score (nSPS) is 53.1. The van der Waals surface area contributed by atoms with Crippen molar-refractivity contribution < 1.29 is 64.9 Å². The summed E-state index contributed by atoms with van der Waals surface area (Å²) in [7, 11) is 0. The molecule has 56 heavy (non-hydrogen) atoms. The standard InChI is InChI=1S/C43H72O13/c1-21(2)11-10-12-22(3)23-13-15-42(8)30(23)24(46)17-29-40(6)18-25(47)36(39(4,5)28(40)14-16-41(29,42)7)56-37-34(33(50)31(48)26(19-44)53-37)55-38-43(9,52)35(51)32(49)27(20-45)54-38/h11-12,23-38,44-52H,10,13-20H2,1-9H3/b22-12-/t23-,24-,25-,26?,27?,28?,29?,30?,31-,32-,33+,34+,35+,36+,37?,38?,40+,41-,42-,43?/m1/s1. The van der Waals surface area contributed by atoms with E-state index in [2.05, 4.69) is 67.5 Å². The highest BCUT2D eigenvalue weighted by Gasteiger charge is 2.71. The molecule has 20 atom stereocenters. The van der Waals surface area contributed by atoms with Gasteiger partial charge in [-0.3, -0.25) is 0 Å². The molecule has 2 heterocycles. The SMILES string of the molecule is CC(C)=CC/C=C(/C)[C@H]1CC[C@]2(C)C1[C@H](O)CC1[C@@]3(C)C[C@@H](O)[C@H](OC4OC(CO)[C@@H](O)[C@H](O)[C@@H]4OC4OC(CO)[C@@H](O)[C@H](O)C4(C)O)C(C)(C)C3CC[C@]12C. The highest BCUT2D eigenvalue weighted by molar-refractivity contribution is 5.23. The summed E-state index contributed by atoms with van der Waals surface area (Å²) in [5, 5.41) is 98.8. The van der Waals surface area contributed by atoms with E-state index in [0.29, 0.717) is 18.8 Å². The monoisotopic (exact) mass is 796 g/mol. The molecule has 0 bridgehead atoms. The number of aliphatic hydroxyl groups is 9. The summed E-state index contributed by atoms with van der Waals surface area (Å²) >= 11 is 0. The van der Waals surface area contributed by atoms with Crippen LogP contribution in [0.2, 0.25) is 0 Å². The molecule has 2 saturated heterocycles. The van der Waals surface area contributed by atoms with E-state index >= 15 is 0 Å². The van der Waals surface area contributed by atoms with Crippen molar-refractivity contribution in [3.8, 4) is 0 Å². The summed E-state index contributed by atoms with van der Waals surface area (Å²) < 4.78 is 24.4. The van der Waals surface area contributed by atoms with Crippen LogP contribution >= 0.6 is 0 Å². The molecule has 0 radical (unpaired) electrons. The van der Waals surface area contributed by atoms with Crippen molar-refractivity contribution in [2.45, 2.75) is 186 Å². The fourth-order valence-electron chi connectivity index (χ4n) is 13.3.